The molecule has 0 unspecified atom stereocenters. The fraction of sp³-hybridized carbons (Fsp3) is 0.414. The molecule has 4 rings (SSSR count). The van der Waals surface area contributed by atoms with Gasteiger partial charge in [-0.2, -0.15) is 5.26 Å². The molecule has 3 aromatic rings. The Balaban J connectivity index is 1.48. The number of hydrogen-bond acceptors (Lipinski definition) is 5. The summed E-state index contributed by atoms with van der Waals surface area (Å²) in [5.41, 5.74) is 5.07. The quantitative estimate of drug-likeness (QED) is 0.431. The number of aryl methyl sites for hydroxylation is 2. The Morgan fingerprint density at radius 3 is 2.56 bits per heavy atom. The summed E-state index contributed by atoms with van der Waals surface area (Å²) in [5, 5.41) is 9.06. The van der Waals surface area contributed by atoms with E-state index < -0.39 is 0 Å². The second kappa shape index (κ2) is 10.5. The van der Waals surface area contributed by atoms with Crippen LogP contribution in [0.1, 0.15) is 54.8 Å². The zero-order valence-corrected chi connectivity index (χ0v) is 20.5. The summed E-state index contributed by atoms with van der Waals surface area (Å²) >= 11 is 0. The number of nitrogens with zero attached hydrogens (tertiary/aromatic N) is 4. The molecule has 1 atom stereocenters. The van der Waals surface area contributed by atoms with Gasteiger partial charge in [0.2, 0.25) is 0 Å². The van der Waals surface area contributed by atoms with Crippen molar-refractivity contribution in [2.45, 2.75) is 52.2 Å². The molecule has 5 nitrogen and oxygen atoms in total. The molecule has 176 valence electrons. The highest BCUT2D eigenvalue weighted by atomic mass is 16.5. The molecule has 5 heteroatoms. The highest BCUT2D eigenvalue weighted by Crippen LogP contribution is 2.41. The monoisotopic (exact) mass is 454 g/mol. The third kappa shape index (κ3) is 5.70. The average Bonchev–Trinajstić information content (AvgIpc) is 3.29. The van der Waals surface area contributed by atoms with E-state index in [1.54, 1.807) is 6.20 Å². The maximum absolute atomic E-state index is 9.06. The highest BCUT2D eigenvalue weighted by Gasteiger charge is 2.43. The maximum Gasteiger partial charge on any atom is 0.101 e. The molecule has 0 bridgehead atoms. The van der Waals surface area contributed by atoms with Crippen molar-refractivity contribution in [3.8, 4) is 6.07 Å². The van der Waals surface area contributed by atoms with Crippen molar-refractivity contribution in [2.24, 2.45) is 5.41 Å². The summed E-state index contributed by atoms with van der Waals surface area (Å²) in [7, 11) is 0. The minimum absolute atomic E-state index is 0.0553. The summed E-state index contributed by atoms with van der Waals surface area (Å²) in [6.07, 6.45) is 6.64. The van der Waals surface area contributed by atoms with Crippen LogP contribution in [0, 0.1) is 23.7 Å². The number of likely N-dealkylation sites (tertiary alicyclic amines) is 1. The first-order valence-electron chi connectivity index (χ1n) is 12.1. The Kier molecular flexibility index (Phi) is 7.41. The number of rotatable bonds is 9. The molecular formula is C29H34N4O. The van der Waals surface area contributed by atoms with Gasteiger partial charge < -0.3 is 4.74 Å². The van der Waals surface area contributed by atoms with E-state index in [0.717, 1.165) is 50.3 Å². The van der Waals surface area contributed by atoms with E-state index in [2.05, 4.69) is 71.2 Å². The molecule has 0 radical (unpaired) electrons. The van der Waals surface area contributed by atoms with Crippen LogP contribution in [0.25, 0.3) is 0 Å². The van der Waals surface area contributed by atoms with Crippen molar-refractivity contribution in [1.29, 1.82) is 5.26 Å². The lowest BCUT2D eigenvalue weighted by Gasteiger charge is -2.38. The minimum Gasteiger partial charge on any atom is -0.376 e. The lowest BCUT2D eigenvalue weighted by molar-refractivity contribution is 0.0239. The molecule has 1 saturated heterocycles. The predicted octanol–water partition coefficient (Wildman–Crippen LogP) is 5.43. The van der Waals surface area contributed by atoms with E-state index in [4.69, 9.17) is 10.00 Å². The van der Waals surface area contributed by atoms with Gasteiger partial charge in [-0.3, -0.25) is 14.9 Å². The fourth-order valence-electron chi connectivity index (χ4n) is 4.81. The summed E-state index contributed by atoms with van der Waals surface area (Å²) in [4.78, 5) is 11.6. The SMILES string of the molecule is Cc1ccc(C(C)(C)N2CC[C@@](CCc3ccc(C#N)cn3)(COCc3ccccc3)C2)cn1. The molecule has 34 heavy (non-hydrogen) atoms. The Morgan fingerprint density at radius 1 is 1.06 bits per heavy atom. The smallest absolute Gasteiger partial charge is 0.101 e. The van der Waals surface area contributed by atoms with Gasteiger partial charge in [0.1, 0.15) is 6.07 Å². The van der Waals surface area contributed by atoms with Crippen LogP contribution in [-0.4, -0.2) is 34.6 Å². The standard InChI is InChI=1S/C29H34N4O/c1-23-9-11-26(19-31-23)28(2,3)33-16-15-29(21-33,22-34-20-24-7-5-4-6-8-24)14-13-27-12-10-25(17-30)18-32-27/h4-12,18-19H,13-16,20-22H2,1-3H3/t29-/m1/s1. The predicted molar refractivity (Wildman–Crippen MR) is 134 cm³/mol. The third-order valence-electron chi connectivity index (χ3n) is 7.23. The first-order valence-corrected chi connectivity index (χ1v) is 12.1. The van der Waals surface area contributed by atoms with Gasteiger partial charge in [-0.05, 0) is 75.9 Å². The normalized spacial score (nSPS) is 18.6. The van der Waals surface area contributed by atoms with Crippen LogP contribution in [0.5, 0.6) is 0 Å². The van der Waals surface area contributed by atoms with E-state index in [9.17, 15) is 0 Å². The van der Waals surface area contributed by atoms with Crippen molar-refractivity contribution in [1.82, 2.24) is 14.9 Å². The molecule has 0 N–H and O–H groups in total. The van der Waals surface area contributed by atoms with Crippen molar-refractivity contribution >= 4 is 0 Å². The average molecular weight is 455 g/mol. The van der Waals surface area contributed by atoms with Crippen LogP contribution in [0.3, 0.4) is 0 Å². The minimum atomic E-state index is -0.103. The fourth-order valence-corrected chi connectivity index (χ4v) is 4.81. The molecular weight excluding hydrogens is 420 g/mol. The Morgan fingerprint density at radius 2 is 1.88 bits per heavy atom. The number of hydrogen-bond donors (Lipinski definition) is 0. The summed E-state index contributed by atoms with van der Waals surface area (Å²) < 4.78 is 6.31. The van der Waals surface area contributed by atoms with Crippen molar-refractivity contribution < 1.29 is 4.74 Å². The Labute approximate surface area is 203 Å². The number of aromatic nitrogens is 2. The van der Waals surface area contributed by atoms with Gasteiger partial charge in [-0.15, -0.1) is 0 Å². The topological polar surface area (TPSA) is 62.0 Å². The maximum atomic E-state index is 9.06. The first kappa shape index (κ1) is 24.1. The Hall–Kier alpha value is -3.07. The van der Waals surface area contributed by atoms with Crippen LogP contribution in [0.2, 0.25) is 0 Å². The Bertz CT molecular complexity index is 1100. The molecule has 0 amide bonds. The summed E-state index contributed by atoms with van der Waals surface area (Å²) in [5.74, 6) is 0. The molecule has 1 aromatic carbocycles. The molecule has 1 aliphatic heterocycles. The van der Waals surface area contributed by atoms with E-state index in [1.807, 2.05) is 31.3 Å². The zero-order valence-electron chi connectivity index (χ0n) is 20.5. The van der Waals surface area contributed by atoms with Gasteiger partial charge in [0.15, 0.2) is 0 Å². The van der Waals surface area contributed by atoms with Crippen LogP contribution >= 0.6 is 0 Å². The van der Waals surface area contributed by atoms with Crippen LogP contribution in [-0.2, 0) is 23.3 Å². The van der Waals surface area contributed by atoms with Crippen LogP contribution < -0.4 is 0 Å². The number of nitriles is 1. The number of ether oxygens (including phenoxy) is 1. The zero-order chi connectivity index (χ0) is 24.0. The molecule has 1 aliphatic rings. The van der Waals surface area contributed by atoms with E-state index in [1.165, 1.54) is 11.1 Å². The second-order valence-corrected chi connectivity index (χ2v) is 10.0. The highest BCUT2D eigenvalue weighted by molar-refractivity contribution is 5.26. The van der Waals surface area contributed by atoms with Crippen molar-refractivity contribution in [2.75, 3.05) is 19.7 Å². The van der Waals surface area contributed by atoms with Crippen LogP contribution in [0.4, 0.5) is 0 Å². The van der Waals surface area contributed by atoms with E-state index in [-0.39, 0.29) is 11.0 Å². The van der Waals surface area contributed by atoms with Gasteiger partial charge in [0.05, 0.1) is 18.8 Å². The first-order chi connectivity index (χ1) is 16.4. The van der Waals surface area contributed by atoms with Crippen molar-refractivity contribution in [3.63, 3.8) is 0 Å². The second-order valence-electron chi connectivity index (χ2n) is 10.0. The van der Waals surface area contributed by atoms with E-state index >= 15 is 0 Å². The molecule has 0 aliphatic carbocycles. The van der Waals surface area contributed by atoms with Gasteiger partial charge in [-0.25, -0.2) is 0 Å². The van der Waals surface area contributed by atoms with Gasteiger partial charge in [0, 0.05) is 41.3 Å². The van der Waals surface area contributed by atoms with Crippen LogP contribution in [0.15, 0.2) is 67.0 Å². The largest absolute Gasteiger partial charge is 0.376 e. The summed E-state index contributed by atoms with van der Waals surface area (Å²) in [6, 6.07) is 20.7. The van der Waals surface area contributed by atoms with Crippen molar-refractivity contribution in [3.05, 3.63) is 95.1 Å². The van der Waals surface area contributed by atoms with Gasteiger partial charge in [-0.1, -0.05) is 36.4 Å². The molecule has 2 aromatic heterocycles. The number of pyridine rings is 2. The summed E-state index contributed by atoms with van der Waals surface area (Å²) in [6.45, 7) is 9.96. The molecule has 3 heterocycles. The lowest BCUT2D eigenvalue weighted by atomic mass is 9.82. The molecule has 0 saturated carbocycles. The van der Waals surface area contributed by atoms with Gasteiger partial charge >= 0.3 is 0 Å². The molecule has 0 spiro atoms. The van der Waals surface area contributed by atoms with E-state index in [0.29, 0.717) is 12.2 Å². The van der Waals surface area contributed by atoms with Gasteiger partial charge in [0.25, 0.3) is 0 Å². The lowest BCUT2D eigenvalue weighted by Crippen LogP contribution is -2.42. The third-order valence-corrected chi connectivity index (χ3v) is 7.23. The molecule has 1 fully saturated rings. The number of benzene rings is 1.